The zero-order valence-corrected chi connectivity index (χ0v) is 9.15. The molecule has 2 amide bonds. The second kappa shape index (κ2) is 4.91. The molecule has 1 saturated heterocycles. The fourth-order valence-electron chi connectivity index (χ4n) is 1.49. The van der Waals surface area contributed by atoms with Crippen molar-refractivity contribution in [3.05, 3.63) is 0 Å². The van der Waals surface area contributed by atoms with Gasteiger partial charge in [-0.05, 0) is 13.3 Å². The molecule has 1 heterocycles. The van der Waals surface area contributed by atoms with Gasteiger partial charge in [-0.1, -0.05) is 0 Å². The molecule has 0 bridgehead atoms. The Morgan fingerprint density at radius 1 is 1.27 bits per heavy atom. The number of rotatable bonds is 4. The quantitative estimate of drug-likeness (QED) is 0.640. The first-order valence-electron chi connectivity index (χ1n) is 5.02. The summed E-state index contributed by atoms with van der Waals surface area (Å²) in [5.74, 6) is 0.0287. The summed E-state index contributed by atoms with van der Waals surface area (Å²) in [5, 5.41) is 0. The van der Waals surface area contributed by atoms with E-state index >= 15 is 0 Å². The van der Waals surface area contributed by atoms with Crippen LogP contribution in [0.25, 0.3) is 0 Å². The monoisotopic (exact) mass is 212 g/mol. The Bertz CT molecular complexity index is 288. The maximum Gasteiger partial charge on any atom is 0.242 e. The summed E-state index contributed by atoms with van der Waals surface area (Å²) >= 11 is 0. The van der Waals surface area contributed by atoms with Gasteiger partial charge >= 0.3 is 0 Å². The highest BCUT2D eigenvalue weighted by Crippen LogP contribution is 2.04. The van der Waals surface area contributed by atoms with Crippen LogP contribution in [0.5, 0.6) is 0 Å². The number of Topliss-reactive ketones (excluding diaryl/α,β-unsaturated/α-hetero) is 1. The number of carbonyl (C=O) groups is 3. The second-order valence-electron chi connectivity index (χ2n) is 3.87. The lowest BCUT2D eigenvalue weighted by molar-refractivity contribution is -0.148. The van der Waals surface area contributed by atoms with Crippen LogP contribution >= 0.6 is 0 Å². The highest BCUT2D eigenvalue weighted by molar-refractivity contribution is 5.92. The third-order valence-corrected chi connectivity index (χ3v) is 2.43. The van der Waals surface area contributed by atoms with E-state index in [9.17, 15) is 14.4 Å². The first-order valence-corrected chi connectivity index (χ1v) is 5.02. The van der Waals surface area contributed by atoms with Crippen LogP contribution in [0, 0.1) is 0 Å². The van der Waals surface area contributed by atoms with Crippen LogP contribution in [0.3, 0.4) is 0 Å². The summed E-state index contributed by atoms with van der Waals surface area (Å²) in [5.41, 5.74) is 0. The zero-order valence-electron chi connectivity index (χ0n) is 9.15. The Labute approximate surface area is 89.0 Å². The summed E-state index contributed by atoms with van der Waals surface area (Å²) in [6.07, 6.45) is 1.10. The average molecular weight is 212 g/mol. The molecule has 0 aromatic rings. The molecule has 1 rings (SSSR count). The Kier molecular flexibility index (Phi) is 3.82. The summed E-state index contributed by atoms with van der Waals surface area (Å²) in [7, 11) is 1.62. The fourth-order valence-corrected chi connectivity index (χ4v) is 1.49. The van der Waals surface area contributed by atoms with E-state index in [0.717, 1.165) is 0 Å². The lowest BCUT2D eigenvalue weighted by Crippen LogP contribution is -2.52. The van der Waals surface area contributed by atoms with Crippen LogP contribution < -0.4 is 0 Å². The topological polar surface area (TPSA) is 57.7 Å². The van der Waals surface area contributed by atoms with Gasteiger partial charge in [0.2, 0.25) is 11.8 Å². The molecule has 0 radical (unpaired) electrons. The van der Waals surface area contributed by atoms with E-state index in [1.807, 2.05) is 0 Å². The summed E-state index contributed by atoms with van der Waals surface area (Å²) < 4.78 is 0. The molecule has 84 valence electrons. The summed E-state index contributed by atoms with van der Waals surface area (Å²) in [4.78, 5) is 36.4. The van der Waals surface area contributed by atoms with E-state index in [0.29, 0.717) is 19.4 Å². The van der Waals surface area contributed by atoms with E-state index in [4.69, 9.17) is 0 Å². The molecule has 5 heteroatoms. The van der Waals surface area contributed by atoms with E-state index in [-0.39, 0.29) is 30.7 Å². The fraction of sp³-hybridized carbons (Fsp3) is 0.700. The smallest absolute Gasteiger partial charge is 0.242 e. The van der Waals surface area contributed by atoms with Gasteiger partial charge in [0.05, 0.1) is 13.1 Å². The van der Waals surface area contributed by atoms with Crippen molar-refractivity contribution < 1.29 is 14.4 Å². The third kappa shape index (κ3) is 3.34. The molecule has 0 aromatic heterocycles. The molecule has 15 heavy (non-hydrogen) atoms. The maximum atomic E-state index is 11.5. The molecule has 0 spiro atoms. The summed E-state index contributed by atoms with van der Waals surface area (Å²) in [6, 6.07) is 0. The average Bonchev–Trinajstić information content (AvgIpc) is 2.13. The number of ketones is 1. The molecule has 1 fully saturated rings. The molecule has 0 saturated carbocycles. The van der Waals surface area contributed by atoms with Crippen LogP contribution in [0.2, 0.25) is 0 Å². The number of carbonyl (C=O) groups excluding carboxylic acids is 3. The van der Waals surface area contributed by atoms with E-state index in [2.05, 4.69) is 0 Å². The predicted octanol–water partition coefficient (Wildman–Crippen LogP) is -0.344. The minimum Gasteiger partial charge on any atom is -0.335 e. The summed E-state index contributed by atoms with van der Waals surface area (Å²) in [6.45, 7) is 2.32. The largest absolute Gasteiger partial charge is 0.335 e. The van der Waals surface area contributed by atoms with Crippen molar-refractivity contribution in [1.29, 1.82) is 0 Å². The first kappa shape index (κ1) is 11.7. The van der Waals surface area contributed by atoms with Crippen molar-refractivity contribution in [2.45, 2.75) is 19.8 Å². The van der Waals surface area contributed by atoms with E-state index in [1.54, 1.807) is 7.05 Å². The molecular formula is C10H16N2O3. The molecule has 1 aliphatic rings. The molecule has 1 aliphatic heterocycles. The second-order valence-corrected chi connectivity index (χ2v) is 3.87. The minimum atomic E-state index is -0.0441. The van der Waals surface area contributed by atoms with Crippen molar-refractivity contribution >= 4 is 17.6 Å². The van der Waals surface area contributed by atoms with Gasteiger partial charge in [0.15, 0.2) is 0 Å². The van der Waals surface area contributed by atoms with Gasteiger partial charge in [0.25, 0.3) is 0 Å². The lowest BCUT2D eigenvalue weighted by Gasteiger charge is -2.31. The van der Waals surface area contributed by atoms with Gasteiger partial charge in [0, 0.05) is 20.0 Å². The predicted molar refractivity (Wildman–Crippen MR) is 54.1 cm³/mol. The third-order valence-electron chi connectivity index (χ3n) is 2.43. The zero-order chi connectivity index (χ0) is 11.4. The van der Waals surface area contributed by atoms with Gasteiger partial charge in [-0.25, -0.2) is 0 Å². The lowest BCUT2D eigenvalue weighted by atomic mass is 10.2. The van der Waals surface area contributed by atoms with Crippen molar-refractivity contribution in [3.63, 3.8) is 0 Å². The number of hydrogen-bond acceptors (Lipinski definition) is 3. The Balaban J connectivity index is 2.38. The van der Waals surface area contributed by atoms with Gasteiger partial charge < -0.3 is 14.6 Å². The molecular weight excluding hydrogens is 196 g/mol. The van der Waals surface area contributed by atoms with Gasteiger partial charge in [-0.15, -0.1) is 0 Å². The normalized spacial score (nSPS) is 17.2. The van der Waals surface area contributed by atoms with Crippen LogP contribution in [0.4, 0.5) is 0 Å². The van der Waals surface area contributed by atoms with Gasteiger partial charge in [-0.2, -0.15) is 0 Å². The molecule has 0 unspecified atom stereocenters. The standard InChI is InChI=1S/C10H16N2O3/c1-8(13)4-3-5-12-7-9(14)11(2)6-10(12)15/h3-7H2,1-2H3. The Morgan fingerprint density at radius 2 is 1.93 bits per heavy atom. The van der Waals surface area contributed by atoms with Gasteiger partial charge in [-0.3, -0.25) is 9.59 Å². The minimum absolute atomic E-state index is 0.0411. The SMILES string of the molecule is CC(=O)CCCN1CC(=O)N(C)CC1=O. The molecule has 0 N–H and O–H groups in total. The number of nitrogens with zero attached hydrogens (tertiary/aromatic N) is 2. The molecule has 0 aromatic carbocycles. The van der Waals surface area contributed by atoms with Crippen LogP contribution in [0.15, 0.2) is 0 Å². The first-order chi connectivity index (χ1) is 7.00. The number of hydrogen-bond donors (Lipinski definition) is 0. The number of likely N-dealkylation sites (N-methyl/N-ethyl adjacent to an activating group) is 1. The van der Waals surface area contributed by atoms with Crippen molar-refractivity contribution in [1.82, 2.24) is 9.80 Å². The van der Waals surface area contributed by atoms with Crippen molar-refractivity contribution in [3.8, 4) is 0 Å². The van der Waals surface area contributed by atoms with Crippen LogP contribution in [-0.4, -0.2) is 54.1 Å². The van der Waals surface area contributed by atoms with Gasteiger partial charge in [0.1, 0.15) is 5.78 Å². The molecule has 0 atom stereocenters. The maximum absolute atomic E-state index is 11.5. The number of amides is 2. The molecule has 5 nitrogen and oxygen atoms in total. The van der Waals surface area contributed by atoms with Crippen LogP contribution in [-0.2, 0) is 14.4 Å². The Hall–Kier alpha value is -1.39. The van der Waals surface area contributed by atoms with E-state index in [1.165, 1.54) is 16.7 Å². The Morgan fingerprint density at radius 3 is 2.53 bits per heavy atom. The van der Waals surface area contributed by atoms with Crippen LogP contribution in [0.1, 0.15) is 19.8 Å². The van der Waals surface area contributed by atoms with E-state index < -0.39 is 0 Å². The molecule has 0 aliphatic carbocycles. The van der Waals surface area contributed by atoms with Crippen molar-refractivity contribution in [2.24, 2.45) is 0 Å². The highest BCUT2D eigenvalue weighted by atomic mass is 16.2. The number of piperazine rings is 1. The van der Waals surface area contributed by atoms with Crippen molar-refractivity contribution in [2.75, 3.05) is 26.7 Å². The highest BCUT2D eigenvalue weighted by Gasteiger charge is 2.26.